The molecule has 0 aliphatic rings. The Kier molecular flexibility index (Phi) is 7.36. The molecule has 0 saturated carbocycles. The van der Waals surface area contributed by atoms with Crippen molar-refractivity contribution in [1.29, 1.82) is 0 Å². The van der Waals surface area contributed by atoms with Gasteiger partial charge in [0, 0.05) is 13.5 Å². The number of carbonyl (C=O) groups is 1. The van der Waals surface area contributed by atoms with Crippen LogP contribution in [-0.2, 0) is 9.45 Å². The van der Waals surface area contributed by atoms with E-state index in [1.807, 2.05) is 0 Å². The molecule has 0 bridgehead atoms. The molecule has 0 radical (unpaired) electrons. The van der Waals surface area contributed by atoms with Crippen molar-refractivity contribution in [2.75, 3.05) is 13.7 Å². The highest BCUT2D eigenvalue weighted by molar-refractivity contribution is 6.23. The van der Waals surface area contributed by atoms with Crippen LogP contribution in [0.2, 0.25) is 0 Å². The average Bonchev–Trinajstić information content (AvgIpc) is 1.89. The van der Waals surface area contributed by atoms with Crippen LogP contribution in [0.1, 0.15) is 12.8 Å². The van der Waals surface area contributed by atoms with Gasteiger partial charge in [0.05, 0.1) is 0 Å². The van der Waals surface area contributed by atoms with Crippen molar-refractivity contribution < 1.29 is 9.45 Å². The third-order valence-corrected chi connectivity index (χ3v) is 0.922. The third-order valence-electron chi connectivity index (χ3n) is 0.922. The molecule has 0 spiro atoms. The smallest absolute Gasteiger partial charge is 0.360 e. The summed E-state index contributed by atoms with van der Waals surface area (Å²) in [6.45, 7) is 0.854. The van der Waals surface area contributed by atoms with E-state index < -0.39 is 0 Å². The van der Waals surface area contributed by atoms with E-state index in [0.29, 0.717) is 14.0 Å². The van der Waals surface area contributed by atoms with Crippen molar-refractivity contribution in [2.45, 2.75) is 12.8 Å². The summed E-state index contributed by atoms with van der Waals surface area (Å²) in [5.41, 5.74) is 0. The zero-order valence-electron chi connectivity index (χ0n) is 5.72. The van der Waals surface area contributed by atoms with E-state index in [1.54, 1.807) is 7.11 Å². The van der Waals surface area contributed by atoms with Gasteiger partial charge in [0.25, 0.3) is 0 Å². The highest BCUT2D eigenvalue weighted by Crippen LogP contribution is 1.78. The van der Waals surface area contributed by atoms with Crippen LogP contribution in [0.25, 0.3) is 0 Å². The predicted molar refractivity (Wildman–Crippen MR) is 37.5 cm³/mol. The summed E-state index contributed by atoms with van der Waals surface area (Å²) < 4.78 is 4.72. The van der Waals surface area contributed by atoms with Gasteiger partial charge in [-0.3, -0.25) is 0 Å². The Morgan fingerprint density at radius 2 is 2.56 bits per heavy atom. The minimum Gasteiger partial charge on any atom is -0.427 e. The molecule has 52 valence electrons. The molecule has 0 rings (SSSR count). The molecule has 0 amide bonds. The van der Waals surface area contributed by atoms with E-state index in [2.05, 4.69) is 5.23 Å². The van der Waals surface area contributed by atoms with Crippen molar-refractivity contribution >= 4 is 13.9 Å². The zero-order chi connectivity index (χ0) is 6.95. The van der Waals surface area contributed by atoms with Gasteiger partial charge in [-0.2, -0.15) is 0 Å². The molecule has 0 fully saturated rings. The van der Waals surface area contributed by atoms with Crippen molar-refractivity contribution in [3.63, 3.8) is 0 Å². The molecule has 0 aliphatic carbocycles. The Labute approximate surface area is 56.1 Å². The number of aldehydes is 1. The molecule has 0 unspecified atom stereocenters. The Hall–Kier alpha value is -0.345. The lowest BCUT2D eigenvalue weighted by Gasteiger charge is -1.96. The molecular formula is C5H12BNO2. The van der Waals surface area contributed by atoms with Crippen LogP contribution in [0.15, 0.2) is 0 Å². The first kappa shape index (κ1) is 8.65. The third kappa shape index (κ3) is 7.65. The van der Waals surface area contributed by atoms with Crippen LogP contribution >= 0.6 is 0 Å². The number of unbranched alkanes of at least 4 members (excludes halogenated alkanes) is 1. The second kappa shape index (κ2) is 7.65. The van der Waals surface area contributed by atoms with Crippen LogP contribution in [0.5, 0.6) is 0 Å². The fraction of sp³-hybridized carbons (Fsp3) is 0.800. The fourth-order valence-electron chi connectivity index (χ4n) is 0.485. The lowest BCUT2D eigenvalue weighted by atomic mass is 10.2. The number of carbonyl (C=O) groups excluding carboxylic acids is 1. The quantitative estimate of drug-likeness (QED) is 0.297. The van der Waals surface area contributed by atoms with E-state index in [1.165, 1.54) is 0 Å². The molecule has 9 heavy (non-hydrogen) atoms. The second-order valence-corrected chi connectivity index (χ2v) is 1.74. The van der Waals surface area contributed by atoms with Crippen LogP contribution in [0.3, 0.4) is 0 Å². The molecule has 3 nitrogen and oxygen atoms in total. The number of rotatable bonds is 6. The summed E-state index contributed by atoms with van der Waals surface area (Å²) in [5.74, 6) is 0. The standard InChI is InChI=1S/C5H12BNO2/c1-9-6-7-4-2-3-5-8/h5-7H,2-4H2,1H3. The normalized spacial score (nSPS) is 9.00. The van der Waals surface area contributed by atoms with E-state index in [0.717, 1.165) is 19.3 Å². The van der Waals surface area contributed by atoms with Gasteiger partial charge in [-0.25, -0.2) is 0 Å². The molecule has 0 saturated heterocycles. The van der Waals surface area contributed by atoms with Crippen molar-refractivity contribution in [3.05, 3.63) is 0 Å². The Morgan fingerprint density at radius 3 is 3.11 bits per heavy atom. The maximum Gasteiger partial charge on any atom is 0.360 e. The highest BCUT2D eigenvalue weighted by Gasteiger charge is 1.86. The summed E-state index contributed by atoms with van der Waals surface area (Å²) >= 11 is 0. The molecule has 0 atom stereocenters. The van der Waals surface area contributed by atoms with Gasteiger partial charge in [0.2, 0.25) is 0 Å². The van der Waals surface area contributed by atoms with Gasteiger partial charge in [-0.15, -0.1) is 0 Å². The first-order valence-electron chi connectivity index (χ1n) is 3.05. The Balaban J connectivity index is 2.66. The van der Waals surface area contributed by atoms with Gasteiger partial charge in [0.1, 0.15) is 6.29 Å². The monoisotopic (exact) mass is 129 g/mol. The first-order chi connectivity index (χ1) is 4.41. The minimum atomic E-state index is 0.568. The van der Waals surface area contributed by atoms with Crippen LogP contribution < -0.4 is 5.23 Å². The summed E-state index contributed by atoms with van der Waals surface area (Å²) in [5, 5.41) is 2.99. The Bertz CT molecular complexity index is 70.0. The lowest BCUT2D eigenvalue weighted by Crippen LogP contribution is -2.21. The number of hydrogen-bond donors (Lipinski definition) is 1. The van der Waals surface area contributed by atoms with Gasteiger partial charge < -0.3 is 14.7 Å². The molecule has 0 aliphatic heterocycles. The van der Waals surface area contributed by atoms with Crippen molar-refractivity contribution in [3.8, 4) is 0 Å². The number of hydrogen-bond acceptors (Lipinski definition) is 3. The predicted octanol–water partition coefficient (Wildman–Crippen LogP) is -0.532. The van der Waals surface area contributed by atoms with Crippen molar-refractivity contribution in [1.82, 2.24) is 5.23 Å². The van der Waals surface area contributed by atoms with Crippen LogP contribution in [0.4, 0.5) is 0 Å². The summed E-state index contributed by atoms with van der Waals surface area (Å²) in [4.78, 5) is 9.78. The second-order valence-electron chi connectivity index (χ2n) is 1.74. The van der Waals surface area contributed by atoms with E-state index in [9.17, 15) is 4.79 Å². The minimum absolute atomic E-state index is 0.568. The highest BCUT2D eigenvalue weighted by atomic mass is 16.4. The van der Waals surface area contributed by atoms with Gasteiger partial charge >= 0.3 is 7.62 Å². The van der Waals surface area contributed by atoms with E-state index in [-0.39, 0.29) is 0 Å². The SMILES string of the molecule is COBNCCCC=O. The summed E-state index contributed by atoms with van der Waals surface area (Å²) in [6, 6.07) is 0. The maximum atomic E-state index is 9.78. The molecule has 0 aromatic heterocycles. The number of nitrogens with one attached hydrogen (secondary N) is 1. The average molecular weight is 129 g/mol. The topological polar surface area (TPSA) is 38.3 Å². The fourth-order valence-corrected chi connectivity index (χ4v) is 0.485. The molecule has 4 heteroatoms. The molecule has 0 heterocycles. The van der Waals surface area contributed by atoms with Gasteiger partial charge in [-0.05, 0) is 13.0 Å². The van der Waals surface area contributed by atoms with E-state index in [4.69, 9.17) is 4.65 Å². The van der Waals surface area contributed by atoms with Crippen molar-refractivity contribution in [2.24, 2.45) is 0 Å². The maximum absolute atomic E-state index is 9.78. The molecular weight excluding hydrogens is 117 g/mol. The van der Waals surface area contributed by atoms with Crippen LogP contribution in [0, 0.1) is 0 Å². The van der Waals surface area contributed by atoms with Gasteiger partial charge in [-0.1, -0.05) is 0 Å². The van der Waals surface area contributed by atoms with E-state index >= 15 is 0 Å². The summed E-state index contributed by atoms with van der Waals surface area (Å²) in [6.07, 6.45) is 2.46. The van der Waals surface area contributed by atoms with Crippen LogP contribution in [-0.4, -0.2) is 27.6 Å². The van der Waals surface area contributed by atoms with Gasteiger partial charge in [0.15, 0.2) is 0 Å². The molecule has 0 aromatic carbocycles. The molecule has 0 aromatic rings. The lowest BCUT2D eigenvalue weighted by molar-refractivity contribution is -0.107. The largest absolute Gasteiger partial charge is 0.427 e. The summed E-state index contributed by atoms with van der Waals surface area (Å²) in [7, 11) is 2.20. The Morgan fingerprint density at radius 1 is 1.78 bits per heavy atom. The zero-order valence-corrected chi connectivity index (χ0v) is 5.72. The first-order valence-corrected chi connectivity index (χ1v) is 3.05. The molecule has 1 N–H and O–H groups in total.